The Kier molecular flexibility index (Phi) is 6.05. The van der Waals surface area contributed by atoms with Gasteiger partial charge in [0.05, 0.1) is 16.6 Å². The smallest absolute Gasteiger partial charge is 0.244 e. The van der Waals surface area contributed by atoms with Crippen LogP contribution in [0.2, 0.25) is 0 Å². The highest BCUT2D eigenvalue weighted by atomic mass is 32.2. The second-order valence-corrected chi connectivity index (χ2v) is 9.47. The minimum absolute atomic E-state index is 0.0319. The minimum Gasteiger partial charge on any atom is -0.396 e. The van der Waals surface area contributed by atoms with E-state index in [-0.39, 0.29) is 41.4 Å². The first-order valence-electron chi connectivity index (χ1n) is 10.0. The van der Waals surface area contributed by atoms with Crippen LogP contribution in [0.3, 0.4) is 0 Å². The van der Waals surface area contributed by atoms with Crippen LogP contribution in [0.4, 0.5) is 0 Å². The van der Waals surface area contributed by atoms with Gasteiger partial charge in [-0.25, -0.2) is 0 Å². The fourth-order valence-electron chi connectivity index (χ4n) is 5.25. The molecule has 3 rings (SSSR count). The van der Waals surface area contributed by atoms with Crippen LogP contribution >= 0.6 is 11.8 Å². The number of amides is 3. The van der Waals surface area contributed by atoms with Crippen molar-refractivity contribution in [3.8, 4) is 0 Å². The summed E-state index contributed by atoms with van der Waals surface area (Å²) in [5, 5.41) is 15.1. The van der Waals surface area contributed by atoms with Crippen molar-refractivity contribution in [1.29, 1.82) is 0 Å². The lowest BCUT2D eigenvalue weighted by Gasteiger charge is -2.38. The maximum absolute atomic E-state index is 13.4. The molecule has 6 atom stereocenters. The summed E-state index contributed by atoms with van der Waals surface area (Å²) in [5.41, 5.74) is 0. The summed E-state index contributed by atoms with van der Waals surface area (Å²) in [6.45, 7) is 5.08. The number of hydrogen-bond acceptors (Lipinski definition) is 5. The predicted octanol–water partition coefficient (Wildman–Crippen LogP) is 0.368. The van der Waals surface area contributed by atoms with Gasteiger partial charge in [-0.1, -0.05) is 20.3 Å². The molecule has 0 saturated carbocycles. The van der Waals surface area contributed by atoms with Crippen molar-refractivity contribution in [3.05, 3.63) is 0 Å². The average molecular weight is 398 g/mol. The number of hydrogen-bond donors (Lipinski definition) is 3. The van der Waals surface area contributed by atoms with Crippen LogP contribution in [-0.4, -0.2) is 70.5 Å². The Balaban J connectivity index is 1.97. The van der Waals surface area contributed by atoms with Crippen molar-refractivity contribution in [2.45, 2.75) is 55.6 Å². The summed E-state index contributed by atoms with van der Waals surface area (Å²) in [4.78, 5) is 40.8. The number of aliphatic hydroxyl groups excluding tert-OH is 1. The largest absolute Gasteiger partial charge is 0.396 e. The van der Waals surface area contributed by atoms with Crippen molar-refractivity contribution in [1.82, 2.24) is 15.5 Å². The van der Waals surface area contributed by atoms with Crippen LogP contribution in [0.25, 0.3) is 0 Å². The highest BCUT2D eigenvalue weighted by Crippen LogP contribution is 2.68. The molecule has 1 spiro atoms. The Morgan fingerprint density at radius 3 is 2.70 bits per heavy atom. The summed E-state index contributed by atoms with van der Waals surface area (Å²) in [6.07, 6.45) is 3.16. The quantitative estimate of drug-likeness (QED) is 0.514. The molecule has 3 heterocycles. The molecule has 0 aromatic heterocycles. The summed E-state index contributed by atoms with van der Waals surface area (Å²) in [7, 11) is 1.60. The normalized spacial score (nSPS) is 36.8. The molecule has 2 bridgehead atoms. The van der Waals surface area contributed by atoms with Gasteiger partial charge in [-0.15, -0.1) is 11.8 Å². The number of nitrogens with zero attached hydrogens (tertiary/aromatic N) is 1. The van der Waals surface area contributed by atoms with Crippen LogP contribution in [0.1, 0.15) is 39.5 Å². The van der Waals surface area contributed by atoms with E-state index in [0.29, 0.717) is 19.5 Å². The monoisotopic (exact) mass is 397 g/mol. The summed E-state index contributed by atoms with van der Waals surface area (Å²) >= 11 is 1.68. The van der Waals surface area contributed by atoms with E-state index in [1.807, 2.05) is 0 Å². The molecule has 0 aromatic rings. The van der Waals surface area contributed by atoms with E-state index in [4.69, 9.17) is 0 Å². The number of carbonyl (C=O) groups is 3. The van der Waals surface area contributed by atoms with E-state index in [1.165, 1.54) is 0 Å². The van der Waals surface area contributed by atoms with E-state index in [1.54, 1.807) is 23.7 Å². The van der Waals surface area contributed by atoms with Crippen molar-refractivity contribution in [2.24, 2.45) is 17.8 Å². The zero-order valence-corrected chi connectivity index (χ0v) is 17.2. The third-order valence-electron chi connectivity index (χ3n) is 6.43. The Labute approximate surface area is 165 Å². The minimum atomic E-state index is -0.571. The summed E-state index contributed by atoms with van der Waals surface area (Å²) < 4.78 is -0.551. The maximum Gasteiger partial charge on any atom is 0.244 e. The fourth-order valence-corrected chi connectivity index (χ4v) is 7.68. The Bertz CT molecular complexity index is 616. The molecule has 27 heavy (non-hydrogen) atoms. The molecule has 3 fully saturated rings. The number of fused-ring (bicyclic) bond motifs is 1. The first-order chi connectivity index (χ1) is 12.9. The van der Waals surface area contributed by atoms with Gasteiger partial charge in [-0.3, -0.25) is 14.4 Å². The molecular formula is C19H31N3O4S. The molecule has 3 amide bonds. The molecule has 0 aliphatic carbocycles. The van der Waals surface area contributed by atoms with E-state index in [2.05, 4.69) is 24.5 Å². The fraction of sp³-hybridized carbons (Fsp3) is 0.842. The van der Waals surface area contributed by atoms with Crippen LogP contribution in [0, 0.1) is 17.8 Å². The Morgan fingerprint density at radius 1 is 1.33 bits per heavy atom. The molecule has 152 valence electrons. The van der Waals surface area contributed by atoms with Crippen LogP contribution < -0.4 is 10.6 Å². The number of likely N-dealkylation sites (tertiary alicyclic amines) is 1. The number of unbranched alkanes of at least 4 members (excludes halogenated alkanes) is 1. The van der Waals surface area contributed by atoms with Gasteiger partial charge in [-0.05, 0) is 25.2 Å². The van der Waals surface area contributed by atoms with Gasteiger partial charge >= 0.3 is 0 Å². The third kappa shape index (κ3) is 3.05. The van der Waals surface area contributed by atoms with Gasteiger partial charge in [0.1, 0.15) is 6.04 Å². The second-order valence-electron chi connectivity index (χ2n) is 7.92. The Hall–Kier alpha value is -1.28. The average Bonchev–Trinajstić information content (AvgIpc) is 3.23. The standard InChI is InChI=1S/C19H31N3O4S/c1-4-5-7-21-17(25)15-19-11(2)10-12(27-19)13(16(24)20-3)14(19)18(26)22(15)8-6-9-23/h11-15,23H,4-10H2,1-3H3,(H,20,24)(H,21,25)/t11?,12-,13+,14+,15?,19?/m1/s1. The van der Waals surface area contributed by atoms with Crippen molar-refractivity contribution >= 4 is 29.5 Å². The lowest BCUT2D eigenvalue weighted by atomic mass is 9.66. The van der Waals surface area contributed by atoms with Gasteiger partial charge in [0, 0.05) is 32.0 Å². The molecular weight excluding hydrogens is 366 g/mol. The van der Waals surface area contributed by atoms with E-state index >= 15 is 0 Å². The van der Waals surface area contributed by atoms with Crippen molar-refractivity contribution in [3.63, 3.8) is 0 Å². The number of carbonyl (C=O) groups excluding carboxylic acids is 3. The van der Waals surface area contributed by atoms with E-state index < -0.39 is 16.7 Å². The first-order valence-corrected chi connectivity index (χ1v) is 10.9. The molecule has 0 radical (unpaired) electrons. The van der Waals surface area contributed by atoms with Gasteiger partial charge in [-0.2, -0.15) is 0 Å². The molecule has 3 saturated heterocycles. The molecule has 3 N–H and O–H groups in total. The third-order valence-corrected chi connectivity index (χ3v) is 8.51. The van der Waals surface area contributed by atoms with Gasteiger partial charge < -0.3 is 20.6 Å². The lowest BCUT2D eigenvalue weighted by Crippen LogP contribution is -2.56. The van der Waals surface area contributed by atoms with Gasteiger partial charge in [0.25, 0.3) is 0 Å². The zero-order chi connectivity index (χ0) is 19.8. The molecule has 3 aliphatic rings. The maximum atomic E-state index is 13.4. The number of aliphatic hydroxyl groups is 1. The molecule has 0 aromatic carbocycles. The first kappa shape index (κ1) is 20.5. The van der Waals surface area contributed by atoms with Gasteiger partial charge in [0.15, 0.2) is 0 Å². The lowest BCUT2D eigenvalue weighted by molar-refractivity contribution is -0.140. The molecule has 3 unspecified atom stereocenters. The molecule has 7 nitrogen and oxygen atoms in total. The zero-order valence-electron chi connectivity index (χ0n) is 16.4. The summed E-state index contributed by atoms with van der Waals surface area (Å²) in [6, 6.07) is -0.571. The topological polar surface area (TPSA) is 98.7 Å². The van der Waals surface area contributed by atoms with Crippen LogP contribution in [0.15, 0.2) is 0 Å². The predicted molar refractivity (Wildman–Crippen MR) is 104 cm³/mol. The number of rotatable bonds is 8. The number of nitrogens with one attached hydrogen (secondary N) is 2. The van der Waals surface area contributed by atoms with E-state index in [9.17, 15) is 19.5 Å². The van der Waals surface area contributed by atoms with Crippen molar-refractivity contribution in [2.75, 3.05) is 26.7 Å². The Morgan fingerprint density at radius 2 is 2.07 bits per heavy atom. The van der Waals surface area contributed by atoms with Crippen LogP contribution in [0.5, 0.6) is 0 Å². The second kappa shape index (κ2) is 7.99. The SMILES string of the molecule is CCCCNC(=O)C1N(CCCO)C(=O)[C@@H]2[C@@H](C(=O)NC)[C@H]3CC(C)C12S3. The van der Waals surface area contributed by atoms with E-state index in [0.717, 1.165) is 19.3 Å². The summed E-state index contributed by atoms with van der Waals surface area (Å²) in [5.74, 6) is -0.980. The molecule has 3 aliphatic heterocycles. The highest BCUT2D eigenvalue weighted by Gasteiger charge is 2.75. The van der Waals surface area contributed by atoms with Crippen molar-refractivity contribution < 1.29 is 19.5 Å². The van der Waals surface area contributed by atoms with Gasteiger partial charge in [0.2, 0.25) is 17.7 Å². The van der Waals surface area contributed by atoms with Crippen LogP contribution in [-0.2, 0) is 14.4 Å². The number of thioether (sulfide) groups is 1. The highest BCUT2D eigenvalue weighted by molar-refractivity contribution is 8.02. The molecule has 8 heteroatoms.